The lowest BCUT2D eigenvalue weighted by Gasteiger charge is -2.14. The second kappa shape index (κ2) is 6.80. The maximum absolute atomic E-state index is 10.5. The van der Waals surface area contributed by atoms with Crippen LogP contribution in [0.2, 0.25) is 0 Å². The van der Waals surface area contributed by atoms with Crippen LogP contribution in [0.25, 0.3) is 0 Å². The highest BCUT2D eigenvalue weighted by Gasteiger charge is 2.06. The van der Waals surface area contributed by atoms with Gasteiger partial charge in [0.1, 0.15) is 0 Å². The van der Waals surface area contributed by atoms with Crippen molar-refractivity contribution in [1.82, 2.24) is 4.67 Å². The fraction of sp³-hybridized carbons (Fsp3) is 1.00. The van der Waals surface area contributed by atoms with Gasteiger partial charge in [-0.2, -0.15) is 0 Å². The lowest BCUT2D eigenvalue weighted by Crippen LogP contribution is -2.19. The van der Waals surface area contributed by atoms with E-state index in [2.05, 4.69) is 31.9 Å². The van der Waals surface area contributed by atoms with Crippen LogP contribution in [0.3, 0.4) is 0 Å². The van der Waals surface area contributed by atoms with Crippen molar-refractivity contribution in [1.29, 1.82) is 0 Å². The Balaban J connectivity index is 3.61. The third kappa shape index (κ3) is 4.85. The van der Waals surface area contributed by atoms with Crippen LogP contribution in [0.5, 0.6) is 0 Å². The maximum atomic E-state index is 10.5. The minimum Gasteiger partial charge on any atom is -0.335 e. The summed E-state index contributed by atoms with van der Waals surface area (Å²) in [5.41, 5.74) is 0. The van der Waals surface area contributed by atoms with Crippen LogP contribution in [-0.4, -0.2) is 33.3 Å². The molecule has 0 aliphatic heterocycles. The zero-order valence-corrected chi connectivity index (χ0v) is 9.56. The van der Waals surface area contributed by atoms with Gasteiger partial charge in [0.2, 0.25) is 0 Å². The van der Waals surface area contributed by atoms with Gasteiger partial charge in [0.25, 0.3) is 8.18 Å². The minimum absolute atomic E-state index is 0.625. The summed E-state index contributed by atoms with van der Waals surface area (Å²) in [7, 11) is -2.47. The van der Waals surface area contributed by atoms with Crippen molar-refractivity contribution in [3.63, 3.8) is 0 Å². The Hall–Kier alpha value is 1.11. The lowest BCUT2D eigenvalue weighted by molar-refractivity contribution is 0.395. The molecule has 0 amide bonds. The Morgan fingerprint density at radius 1 is 1.30 bits per heavy atom. The van der Waals surface area contributed by atoms with Gasteiger partial charge in [0, 0.05) is 23.7 Å². The number of hydrogen-bond donors (Lipinski definition) is 1. The van der Waals surface area contributed by atoms with E-state index in [0.29, 0.717) is 13.1 Å². The van der Waals surface area contributed by atoms with Gasteiger partial charge in [-0.05, 0) is 0 Å². The van der Waals surface area contributed by atoms with Crippen molar-refractivity contribution in [2.24, 2.45) is 0 Å². The first-order valence-corrected chi connectivity index (χ1v) is 6.36. The van der Waals surface area contributed by atoms with Crippen LogP contribution < -0.4 is 0 Å². The van der Waals surface area contributed by atoms with Crippen LogP contribution in [-0.2, 0) is 4.57 Å². The molecule has 0 heterocycles. The van der Waals surface area contributed by atoms with Crippen molar-refractivity contribution >= 4 is 40.0 Å². The molecule has 3 nitrogen and oxygen atoms in total. The fourth-order valence-electron chi connectivity index (χ4n) is 0.507. The molecule has 0 aromatic rings. The van der Waals surface area contributed by atoms with Gasteiger partial charge in [-0.25, -0.2) is 4.67 Å². The van der Waals surface area contributed by atoms with Gasteiger partial charge in [-0.15, -0.1) is 0 Å². The third-order valence-corrected chi connectivity index (χ3v) is 2.68. The molecule has 0 rings (SSSR count). The quantitative estimate of drug-likeness (QED) is 0.616. The third-order valence-electron chi connectivity index (χ3n) is 0.979. The van der Waals surface area contributed by atoms with Gasteiger partial charge in [0.15, 0.2) is 0 Å². The van der Waals surface area contributed by atoms with Crippen LogP contribution in [0.4, 0.5) is 0 Å². The maximum Gasteiger partial charge on any atom is 0.258 e. The molecule has 10 heavy (non-hydrogen) atoms. The summed E-state index contributed by atoms with van der Waals surface area (Å²) in [6.07, 6.45) is 0. The molecule has 0 aliphatic carbocycles. The molecular weight excluding hydrogens is 285 g/mol. The molecule has 0 fully saturated rings. The Kier molecular flexibility index (Phi) is 7.55. The van der Waals surface area contributed by atoms with Gasteiger partial charge in [-0.3, -0.25) is 4.57 Å². The topological polar surface area (TPSA) is 40.5 Å². The van der Waals surface area contributed by atoms with Gasteiger partial charge in [0.05, 0.1) is 0 Å². The first-order chi connectivity index (χ1) is 4.72. The second-order valence-electron chi connectivity index (χ2n) is 1.65. The molecule has 62 valence electrons. The number of alkyl halides is 2. The van der Waals surface area contributed by atoms with E-state index in [1.54, 1.807) is 0 Å². The van der Waals surface area contributed by atoms with E-state index in [-0.39, 0.29) is 0 Å². The Labute approximate surface area is 78.0 Å². The fourth-order valence-corrected chi connectivity index (χ4v) is 2.62. The normalized spacial score (nSPS) is 14.0. The van der Waals surface area contributed by atoms with Crippen molar-refractivity contribution < 1.29 is 9.46 Å². The molecule has 0 radical (unpaired) electrons. The Morgan fingerprint density at radius 2 is 1.70 bits per heavy atom. The Morgan fingerprint density at radius 3 is 1.90 bits per heavy atom. The van der Waals surface area contributed by atoms with Crippen molar-refractivity contribution in [3.8, 4) is 0 Å². The predicted molar refractivity (Wildman–Crippen MR) is 50.4 cm³/mol. The summed E-state index contributed by atoms with van der Waals surface area (Å²) in [4.78, 5) is 8.70. The van der Waals surface area contributed by atoms with E-state index in [9.17, 15) is 4.57 Å². The summed E-state index contributed by atoms with van der Waals surface area (Å²) < 4.78 is 12.1. The summed E-state index contributed by atoms with van der Waals surface area (Å²) in [6, 6.07) is 0. The average molecular weight is 295 g/mol. The summed E-state index contributed by atoms with van der Waals surface area (Å²) in [5.74, 6) is 0. The molecule has 0 spiro atoms. The lowest BCUT2D eigenvalue weighted by atomic mass is 10.7. The summed E-state index contributed by atoms with van der Waals surface area (Å²) in [6.45, 7) is 1.25. The van der Waals surface area contributed by atoms with E-state index >= 15 is 0 Å². The average Bonchev–Trinajstić information content (AvgIpc) is 1.87. The molecule has 1 N–H and O–H groups in total. The first-order valence-electron chi connectivity index (χ1n) is 2.82. The van der Waals surface area contributed by atoms with Crippen LogP contribution in [0, 0.1) is 0 Å². The van der Waals surface area contributed by atoms with Crippen molar-refractivity contribution in [2.45, 2.75) is 0 Å². The number of hydrogen-bond acceptors (Lipinski definition) is 1. The van der Waals surface area contributed by atoms with Gasteiger partial charge < -0.3 is 4.89 Å². The highest BCUT2D eigenvalue weighted by atomic mass is 79.9. The highest BCUT2D eigenvalue weighted by molar-refractivity contribution is 9.09. The molecule has 0 saturated heterocycles. The second-order valence-corrected chi connectivity index (χ2v) is 4.43. The standard InChI is InChI=1S/C4H10Br2NO2P/c5-1-3-7(4-2-6)10(8)9/h10H,1-4H2,(H,8,9). The molecule has 0 saturated carbocycles. The van der Waals surface area contributed by atoms with E-state index in [1.165, 1.54) is 4.67 Å². The summed E-state index contributed by atoms with van der Waals surface area (Å²) >= 11 is 6.40. The molecule has 1 unspecified atom stereocenters. The Bertz CT molecular complexity index is 107. The monoisotopic (exact) mass is 293 g/mol. The van der Waals surface area contributed by atoms with E-state index in [1.807, 2.05) is 0 Å². The van der Waals surface area contributed by atoms with E-state index < -0.39 is 8.18 Å². The van der Waals surface area contributed by atoms with Gasteiger partial charge in [-0.1, -0.05) is 31.9 Å². The summed E-state index contributed by atoms with van der Waals surface area (Å²) in [5, 5.41) is 1.47. The molecule has 0 aliphatic rings. The van der Waals surface area contributed by atoms with Crippen molar-refractivity contribution in [2.75, 3.05) is 23.7 Å². The largest absolute Gasteiger partial charge is 0.335 e. The molecule has 0 aromatic carbocycles. The zero-order valence-electron chi connectivity index (χ0n) is 5.39. The highest BCUT2D eigenvalue weighted by Crippen LogP contribution is 2.20. The smallest absolute Gasteiger partial charge is 0.258 e. The van der Waals surface area contributed by atoms with Crippen LogP contribution in [0.15, 0.2) is 0 Å². The van der Waals surface area contributed by atoms with Gasteiger partial charge >= 0.3 is 0 Å². The SMILES string of the molecule is O=[PH](O)N(CCBr)CCBr. The van der Waals surface area contributed by atoms with E-state index in [0.717, 1.165) is 10.7 Å². The first kappa shape index (κ1) is 11.1. The molecule has 0 aromatic heterocycles. The van der Waals surface area contributed by atoms with E-state index in [4.69, 9.17) is 4.89 Å². The van der Waals surface area contributed by atoms with Crippen molar-refractivity contribution in [3.05, 3.63) is 0 Å². The minimum atomic E-state index is -2.47. The zero-order chi connectivity index (χ0) is 7.98. The molecule has 0 bridgehead atoms. The molecule has 1 atom stereocenters. The van der Waals surface area contributed by atoms with Crippen LogP contribution >= 0.6 is 40.0 Å². The number of halogens is 2. The van der Waals surface area contributed by atoms with Crippen LogP contribution in [0.1, 0.15) is 0 Å². The predicted octanol–water partition coefficient (Wildman–Crippen LogP) is 1.46. The number of nitrogens with zero attached hydrogens (tertiary/aromatic N) is 1. The molecular formula is C4H10Br2NO2P. The number of rotatable bonds is 5. The molecule has 6 heteroatoms.